The summed E-state index contributed by atoms with van der Waals surface area (Å²) in [6.07, 6.45) is 1.79. The topological polar surface area (TPSA) is 30.2 Å². The van der Waals surface area contributed by atoms with Crippen molar-refractivity contribution in [1.82, 2.24) is 14.8 Å². The van der Waals surface area contributed by atoms with Gasteiger partial charge in [-0.2, -0.15) is 14.8 Å². The minimum Gasteiger partial charge on any atom is -0.158 e. The van der Waals surface area contributed by atoms with Crippen molar-refractivity contribution in [1.29, 1.82) is 0 Å². The summed E-state index contributed by atoms with van der Waals surface area (Å²) in [7, 11) is 0. The summed E-state index contributed by atoms with van der Waals surface area (Å²) in [5.41, 5.74) is 3.56. The molecule has 2 aromatic rings. The van der Waals surface area contributed by atoms with E-state index in [0.29, 0.717) is 11.8 Å². The molecule has 3 nitrogen and oxygen atoms in total. The van der Waals surface area contributed by atoms with E-state index in [2.05, 4.69) is 44.0 Å². The van der Waals surface area contributed by atoms with E-state index in [1.807, 2.05) is 6.07 Å². The fourth-order valence-corrected chi connectivity index (χ4v) is 1.80. The summed E-state index contributed by atoms with van der Waals surface area (Å²) < 4.78 is 1.71. The summed E-state index contributed by atoms with van der Waals surface area (Å²) in [6.45, 7) is 8.75. The zero-order valence-corrected chi connectivity index (χ0v) is 9.73. The third-order valence-electron chi connectivity index (χ3n) is 2.62. The molecule has 2 rings (SSSR count). The molecule has 0 spiro atoms. The lowest BCUT2D eigenvalue weighted by Crippen LogP contribution is -2.07. The minimum absolute atomic E-state index is 0.441. The SMILES string of the molecule is CC(C)c1cc2ccnn2nc1C(C)C. The second kappa shape index (κ2) is 3.65. The molecule has 0 saturated heterocycles. The van der Waals surface area contributed by atoms with Crippen LogP contribution in [0.15, 0.2) is 18.3 Å². The van der Waals surface area contributed by atoms with Gasteiger partial charge in [-0.3, -0.25) is 0 Å². The van der Waals surface area contributed by atoms with E-state index in [1.54, 1.807) is 10.8 Å². The highest BCUT2D eigenvalue weighted by Crippen LogP contribution is 2.24. The molecule has 15 heavy (non-hydrogen) atoms. The molecule has 0 saturated carbocycles. The average Bonchev–Trinajstić information content (AvgIpc) is 2.61. The Morgan fingerprint density at radius 2 is 1.87 bits per heavy atom. The summed E-state index contributed by atoms with van der Waals surface area (Å²) in [5, 5.41) is 8.73. The van der Waals surface area contributed by atoms with E-state index in [4.69, 9.17) is 0 Å². The molecule has 0 unspecified atom stereocenters. The Bertz CT molecular complexity index is 427. The van der Waals surface area contributed by atoms with Crippen LogP contribution >= 0.6 is 0 Å². The van der Waals surface area contributed by atoms with Gasteiger partial charge in [0.25, 0.3) is 0 Å². The Balaban J connectivity index is 2.68. The standard InChI is InChI=1S/C12H17N3/c1-8(2)11-7-10-5-6-13-15(10)14-12(11)9(3)4/h5-9H,1-4H3. The molecule has 0 aromatic carbocycles. The zero-order valence-electron chi connectivity index (χ0n) is 9.73. The van der Waals surface area contributed by atoms with Crippen LogP contribution < -0.4 is 0 Å². The van der Waals surface area contributed by atoms with Gasteiger partial charge >= 0.3 is 0 Å². The Hall–Kier alpha value is -1.38. The average molecular weight is 203 g/mol. The molecule has 0 bridgehead atoms. The van der Waals surface area contributed by atoms with Crippen molar-refractivity contribution in [2.45, 2.75) is 39.5 Å². The monoisotopic (exact) mass is 203 g/mol. The van der Waals surface area contributed by atoms with Gasteiger partial charge in [-0.15, -0.1) is 0 Å². The molecule has 0 aliphatic rings. The number of nitrogens with zero attached hydrogens (tertiary/aromatic N) is 3. The molecule has 3 heteroatoms. The van der Waals surface area contributed by atoms with Crippen molar-refractivity contribution in [2.24, 2.45) is 0 Å². The molecule has 0 aliphatic carbocycles. The van der Waals surface area contributed by atoms with Crippen LogP contribution in [0.25, 0.3) is 5.52 Å². The molecule has 0 fully saturated rings. The van der Waals surface area contributed by atoms with Crippen molar-refractivity contribution in [3.05, 3.63) is 29.6 Å². The van der Waals surface area contributed by atoms with Crippen LogP contribution in [-0.2, 0) is 0 Å². The van der Waals surface area contributed by atoms with Crippen LogP contribution in [0.1, 0.15) is 50.8 Å². The third kappa shape index (κ3) is 1.74. The Kier molecular flexibility index (Phi) is 2.47. The highest BCUT2D eigenvalue weighted by atomic mass is 15.4. The number of hydrogen-bond donors (Lipinski definition) is 0. The molecule has 80 valence electrons. The van der Waals surface area contributed by atoms with Gasteiger partial charge in [0.15, 0.2) is 0 Å². The van der Waals surface area contributed by atoms with Crippen molar-refractivity contribution >= 4 is 5.52 Å². The maximum Gasteiger partial charge on any atom is 0.0876 e. The molecule has 0 atom stereocenters. The van der Waals surface area contributed by atoms with E-state index in [-0.39, 0.29) is 0 Å². The highest BCUT2D eigenvalue weighted by Gasteiger charge is 2.13. The highest BCUT2D eigenvalue weighted by molar-refractivity contribution is 5.48. The molecular weight excluding hydrogens is 186 g/mol. The third-order valence-corrected chi connectivity index (χ3v) is 2.62. The fraction of sp³-hybridized carbons (Fsp3) is 0.500. The van der Waals surface area contributed by atoms with Gasteiger partial charge in [0, 0.05) is 0 Å². The van der Waals surface area contributed by atoms with Crippen molar-refractivity contribution in [3.8, 4) is 0 Å². The van der Waals surface area contributed by atoms with E-state index >= 15 is 0 Å². The molecular formula is C12H17N3. The molecule has 0 radical (unpaired) electrons. The van der Waals surface area contributed by atoms with Crippen LogP contribution in [-0.4, -0.2) is 14.8 Å². The van der Waals surface area contributed by atoms with E-state index in [1.165, 1.54) is 5.56 Å². The summed E-state index contributed by atoms with van der Waals surface area (Å²) in [4.78, 5) is 0. The predicted molar refractivity (Wildman–Crippen MR) is 61.2 cm³/mol. The molecule has 2 heterocycles. The first kappa shape index (κ1) is 10.1. The number of fused-ring (bicyclic) bond motifs is 1. The summed E-state index contributed by atoms with van der Waals surface area (Å²) in [6, 6.07) is 4.18. The smallest absolute Gasteiger partial charge is 0.0876 e. The van der Waals surface area contributed by atoms with Crippen LogP contribution in [0.3, 0.4) is 0 Å². The van der Waals surface area contributed by atoms with Crippen molar-refractivity contribution in [2.75, 3.05) is 0 Å². The van der Waals surface area contributed by atoms with Gasteiger partial charge in [-0.1, -0.05) is 27.7 Å². The Morgan fingerprint density at radius 3 is 2.47 bits per heavy atom. The number of rotatable bonds is 2. The van der Waals surface area contributed by atoms with Gasteiger partial charge in [0.05, 0.1) is 17.4 Å². The largest absolute Gasteiger partial charge is 0.158 e. The predicted octanol–water partition coefficient (Wildman–Crippen LogP) is 2.98. The Morgan fingerprint density at radius 1 is 1.13 bits per heavy atom. The zero-order chi connectivity index (χ0) is 11.0. The molecule has 0 aliphatic heterocycles. The molecule has 0 N–H and O–H groups in total. The fourth-order valence-electron chi connectivity index (χ4n) is 1.80. The lowest BCUT2D eigenvalue weighted by molar-refractivity contribution is 0.683. The normalized spacial score (nSPS) is 11.9. The quantitative estimate of drug-likeness (QED) is 0.751. The first-order chi connectivity index (χ1) is 7.09. The summed E-state index contributed by atoms with van der Waals surface area (Å²) >= 11 is 0. The van der Waals surface area contributed by atoms with Gasteiger partial charge in [-0.25, -0.2) is 0 Å². The van der Waals surface area contributed by atoms with Crippen molar-refractivity contribution < 1.29 is 0 Å². The number of aromatic nitrogens is 3. The lowest BCUT2D eigenvalue weighted by Gasteiger charge is -2.14. The second-order valence-corrected chi connectivity index (χ2v) is 4.54. The first-order valence-corrected chi connectivity index (χ1v) is 5.44. The van der Waals surface area contributed by atoms with Gasteiger partial charge in [0.2, 0.25) is 0 Å². The van der Waals surface area contributed by atoms with E-state index in [0.717, 1.165) is 11.2 Å². The van der Waals surface area contributed by atoms with Crippen molar-refractivity contribution in [3.63, 3.8) is 0 Å². The van der Waals surface area contributed by atoms with Crippen LogP contribution in [0, 0.1) is 0 Å². The lowest BCUT2D eigenvalue weighted by atomic mass is 9.96. The van der Waals surface area contributed by atoms with Crippen LogP contribution in [0.4, 0.5) is 0 Å². The van der Waals surface area contributed by atoms with Crippen LogP contribution in [0.2, 0.25) is 0 Å². The van der Waals surface area contributed by atoms with E-state index in [9.17, 15) is 0 Å². The van der Waals surface area contributed by atoms with E-state index < -0.39 is 0 Å². The maximum absolute atomic E-state index is 4.56. The van der Waals surface area contributed by atoms with Gasteiger partial charge < -0.3 is 0 Å². The maximum atomic E-state index is 4.56. The Labute approximate surface area is 90.1 Å². The molecule has 0 amide bonds. The minimum atomic E-state index is 0.441. The second-order valence-electron chi connectivity index (χ2n) is 4.54. The van der Waals surface area contributed by atoms with Gasteiger partial charge in [0.1, 0.15) is 0 Å². The first-order valence-electron chi connectivity index (χ1n) is 5.44. The van der Waals surface area contributed by atoms with Gasteiger partial charge in [-0.05, 0) is 29.5 Å². The van der Waals surface area contributed by atoms with Crippen LogP contribution in [0.5, 0.6) is 0 Å². The summed E-state index contributed by atoms with van der Waals surface area (Å²) in [5.74, 6) is 0.950. The number of hydrogen-bond acceptors (Lipinski definition) is 2. The molecule has 2 aromatic heterocycles.